The van der Waals surface area contributed by atoms with Crippen molar-refractivity contribution in [1.29, 1.82) is 0 Å². The molecule has 2 N–H and O–H groups in total. The number of ether oxygens (including phenoxy) is 1. The van der Waals surface area contributed by atoms with Crippen molar-refractivity contribution in [3.05, 3.63) is 11.8 Å². The fourth-order valence-corrected chi connectivity index (χ4v) is 0.645. The molecule has 0 aliphatic carbocycles. The number of carbonyl (C=O) groups excluding carboxylic acids is 1. The zero-order valence-electron chi connectivity index (χ0n) is 5.26. The molecule has 0 aromatic heterocycles. The molecule has 3 nitrogen and oxygen atoms in total. The molecule has 0 aromatic carbocycles. The summed E-state index contributed by atoms with van der Waals surface area (Å²) in [5.74, 6) is -0.0428. The molecular weight excluding hydrogens is 118 g/mol. The Labute approximate surface area is 53.5 Å². The maximum Gasteiger partial charge on any atom is 0.185 e. The largest absolute Gasteiger partial charge is 0.400 e. The van der Waals surface area contributed by atoms with Gasteiger partial charge in [-0.25, -0.2) is 0 Å². The third-order valence-corrected chi connectivity index (χ3v) is 1.23. The Hall–Kier alpha value is -0.830. The minimum absolute atomic E-state index is 0.0428. The van der Waals surface area contributed by atoms with Crippen LogP contribution >= 0.6 is 0 Å². The van der Waals surface area contributed by atoms with Gasteiger partial charge in [0.25, 0.3) is 0 Å². The smallest absolute Gasteiger partial charge is 0.185 e. The van der Waals surface area contributed by atoms with Crippen LogP contribution in [0.1, 0.15) is 6.92 Å². The number of rotatable bonds is 0. The number of hydrogen-bond acceptors (Lipinski definition) is 3. The van der Waals surface area contributed by atoms with Crippen LogP contribution in [0.2, 0.25) is 0 Å². The van der Waals surface area contributed by atoms with Crippen LogP contribution in [0, 0.1) is 0 Å². The van der Waals surface area contributed by atoms with Crippen LogP contribution in [-0.2, 0) is 9.53 Å². The van der Waals surface area contributed by atoms with Gasteiger partial charge in [-0.05, 0) is 6.92 Å². The Morgan fingerprint density at radius 2 is 2.56 bits per heavy atom. The second-order valence-electron chi connectivity index (χ2n) is 2.07. The number of hydrogen-bond donors (Lipinski definition) is 1. The van der Waals surface area contributed by atoms with E-state index in [1.54, 1.807) is 6.92 Å². The third-order valence-electron chi connectivity index (χ3n) is 1.23. The summed E-state index contributed by atoms with van der Waals surface area (Å²) in [5, 5.41) is 0. The van der Waals surface area contributed by atoms with Crippen molar-refractivity contribution in [2.45, 2.75) is 13.0 Å². The average molecular weight is 127 g/mol. The minimum Gasteiger partial charge on any atom is -0.400 e. The highest BCUT2D eigenvalue weighted by atomic mass is 16.5. The van der Waals surface area contributed by atoms with Gasteiger partial charge in [0.2, 0.25) is 0 Å². The summed E-state index contributed by atoms with van der Waals surface area (Å²) in [7, 11) is 0. The Morgan fingerprint density at radius 1 is 1.89 bits per heavy atom. The number of nitrogens with two attached hydrogens (primary N) is 1. The molecule has 0 amide bonds. The van der Waals surface area contributed by atoms with E-state index in [-0.39, 0.29) is 11.9 Å². The molecule has 1 aliphatic rings. The molecule has 0 spiro atoms. The molecule has 1 unspecified atom stereocenters. The number of carbonyl (C=O) groups is 1. The highest BCUT2D eigenvalue weighted by Gasteiger charge is 2.15. The van der Waals surface area contributed by atoms with Crippen LogP contribution in [0.5, 0.6) is 0 Å². The lowest BCUT2D eigenvalue weighted by molar-refractivity contribution is -0.125. The van der Waals surface area contributed by atoms with Crippen LogP contribution in [0.15, 0.2) is 11.8 Å². The fourth-order valence-electron chi connectivity index (χ4n) is 0.645. The molecule has 0 fully saturated rings. The van der Waals surface area contributed by atoms with E-state index in [1.807, 2.05) is 0 Å². The Kier molecular flexibility index (Phi) is 1.53. The second kappa shape index (κ2) is 2.19. The van der Waals surface area contributed by atoms with Gasteiger partial charge in [0.15, 0.2) is 5.78 Å². The van der Waals surface area contributed by atoms with Gasteiger partial charge >= 0.3 is 0 Å². The predicted molar refractivity (Wildman–Crippen MR) is 32.7 cm³/mol. The van der Waals surface area contributed by atoms with Crippen LogP contribution in [-0.4, -0.2) is 18.5 Å². The second-order valence-corrected chi connectivity index (χ2v) is 2.07. The van der Waals surface area contributed by atoms with Crippen LogP contribution in [0.4, 0.5) is 0 Å². The molecular formula is C6H9NO2. The molecule has 1 atom stereocenters. The summed E-state index contributed by atoms with van der Waals surface area (Å²) in [6, 6.07) is 0. The minimum atomic E-state index is -0.308. The molecule has 1 rings (SSSR count). The molecule has 9 heavy (non-hydrogen) atoms. The van der Waals surface area contributed by atoms with Crippen LogP contribution < -0.4 is 5.73 Å². The molecule has 0 saturated carbocycles. The molecule has 0 saturated heterocycles. The average Bonchev–Trinajstić information content (AvgIpc) is 1.80. The summed E-state index contributed by atoms with van der Waals surface area (Å²) < 4.78 is 4.96. The molecule has 3 heteroatoms. The zero-order chi connectivity index (χ0) is 6.85. The third kappa shape index (κ3) is 1.29. The van der Waals surface area contributed by atoms with Crippen molar-refractivity contribution >= 4 is 5.78 Å². The molecule has 1 heterocycles. The first-order valence-corrected chi connectivity index (χ1v) is 2.81. The van der Waals surface area contributed by atoms with Gasteiger partial charge in [-0.1, -0.05) is 0 Å². The first-order valence-electron chi connectivity index (χ1n) is 2.81. The molecule has 0 aromatic rings. The van der Waals surface area contributed by atoms with Crippen molar-refractivity contribution in [1.82, 2.24) is 0 Å². The van der Waals surface area contributed by atoms with Crippen molar-refractivity contribution in [3.63, 3.8) is 0 Å². The molecule has 1 aliphatic heterocycles. The zero-order valence-corrected chi connectivity index (χ0v) is 5.26. The van der Waals surface area contributed by atoms with E-state index in [4.69, 9.17) is 10.5 Å². The van der Waals surface area contributed by atoms with Gasteiger partial charge in [-0.3, -0.25) is 4.79 Å². The highest BCUT2D eigenvalue weighted by molar-refractivity contribution is 5.94. The van der Waals surface area contributed by atoms with Gasteiger partial charge in [-0.15, -0.1) is 0 Å². The Bertz CT molecular complexity index is 162. The first kappa shape index (κ1) is 6.29. The maximum absolute atomic E-state index is 10.7. The van der Waals surface area contributed by atoms with Gasteiger partial charge in [0.05, 0.1) is 6.61 Å². The van der Waals surface area contributed by atoms with E-state index in [2.05, 4.69) is 0 Å². The van der Waals surface area contributed by atoms with Crippen molar-refractivity contribution in [2.75, 3.05) is 6.61 Å². The summed E-state index contributed by atoms with van der Waals surface area (Å²) in [4.78, 5) is 10.7. The van der Waals surface area contributed by atoms with E-state index < -0.39 is 0 Å². The highest BCUT2D eigenvalue weighted by Crippen LogP contribution is 2.03. The van der Waals surface area contributed by atoms with E-state index in [0.717, 1.165) is 0 Å². The van der Waals surface area contributed by atoms with Gasteiger partial charge in [-0.2, -0.15) is 0 Å². The standard InChI is InChI=1S/C6H9NO2/c1-4-6(8)2-5(7)3-9-4/h2,4H,3,7H2,1H3. The van der Waals surface area contributed by atoms with Gasteiger partial charge in [0.1, 0.15) is 6.10 Å². The lowest BCUT2D eigenvalue weighted by atomic mass is 10.2. The molecule has 50 valence electrons. The first-order chi connectivity index (χ1) is 4.20. The lowest BCUT2D eigenvalue weighted by Gasteiger charge is -2.14. The van der Waals surface area contributed by atoms with E-state index in [0.29, 0.717) is 12.3 Å². The quantitative estimate of drug-likeness (QED) is 0.491. The summed E-state index contributed by atoms with van der Waals surface area (Å²) in [5.41, 5.74) is 5.81. The summed E-state index contributed by atoms with van der Waals surface area (Å²) in [6.45, 7) is 2.10. The topological polar surface area (TPSA) is 52.3 Å². The monoisotopic (exact) mass is 127 g/mol. The van der Waals surface area contributed by atoms with E-state index in [9.17, 15) is 4.79 Å². The predicted octanol–water partition coefficient (Wildman–Crippen LogP) is -0.183. The van der Waals surface area contributed by atoms with Crippen molar-refractivity contribution in [3.8, 4) is 0 Å². The normalized spacial score (nSPS) is 27.9. The van der Waals surface area contributed by atoms with Crippen molar-refractivity contribution < 1.29 is 9.53 Å². The molecule has 0 bridgehead atoms. The van der Waals surface area contributed by atoms with E-state index in [1.165, 1.54) is 6.08 Å². The Balaban J connectivity index is 2.70. The maximum atomic E-state index is 10.7. The van der Waals surface area contributed by atoms with Crippen LogP contribution in [0.3, 0.4) is 0 Å². The SMILES string of the molecule is CC1OCC(N)=CC1=O. The van der Waals surface area contributed by atoms with Gasteiger partial charge in [0, 0.05) is 11.8 Å². The lowest BCUT2D eigenvalue weighted by Crippen LogP contribution is -2.27. The molecule has 0 radical (unpaired) electrons. The van der Waals surface area contributed by atoms with Gasteiger partial charge < -0.3 is 10.5 Å². The fraction of sp³-hybridized carbons (Fsp3) is 0.500. The van der Waals surface area contributed by atoms with Crippen molar-refractivity contribution in [2.24, 2.45) is 5.73 Å². The van der Waals surface area contributed by atoms with Crippen LogP contribution in [0.25, 0.3) is 0 Å². The summed E-state index contributed by atoms with van der Waals surface area (Å²) >= 11 is 0. The Morgan fingerprint density at radius 3 is 3.00 bits per heavy atom. The van der Waals surface area contributed by atoms with E-state index >= 15 is 0 Å². The summed E-state index contributed by atoms with van der Waals surface area (Å²) in [6.07, 6.45) is 1.12. The number of ketones is 1.